The van der Waals surface area contributed by atoms with Gasteiger partial charge >= 0.3 is 5.97 Å². The Hall–Kier alpha value is -3.46. The number of benzene rings is 1. The van der Waals surface area contributed by atoms with Gasteiger partial charge in [0.2, 0.25) is 0 Å². The maximum absolute atomic E-state index is 11.4. The summed E-state index contributed by atoms with van der Waals surface area (Å²) in [6.45, 7) is 5.61. The van der Waals surface area contributed by atoms with Gasteiger partial charge in [-0.05, 0) is 70.1 Å². The summed E-state index contributed by atoms with van der Waals surface area (Å²) in [5.74, 6) is -0.0364. The van der Waals surface area contributed by atoms with E-state index in [1.807, 2.05) is 10.9 Å². The van der Waals surface area contributed by atoms with Gasteiger partial charge in [-0.1, -0.05) is 0 Å². The number of carboxylic acid groups (broad SMARTS) is 1. The van der Waals surface area contributed by atoms with Gasteiger partial charge in [0.05, 0.1) is 35.9 Å². The molecule has 4 rings (SSSR count). The molecule has 0 atom stereocenters. The van der Waals surface area contributed by atoms with Crippen LogP contribution < -0.4 is 10.5 Å². The number of nitrogens with two attached hydrogens (primary N) is 1. The number of ether oxygens (including phenoxy) is 1. The molecule has 0 amide bonds. The van der Waals surface area contributed by atoms with Crippen molar-refractivity contribution in [2.45, 2.75) is 32.7 Å². The highest BCUT2D eigenvalue weighted by Gasteiger charge is 2.20. The Balaban J connectivity index is 1.57. The zero-order valence-electron chi connectivity index (χ0n) is 17.9. The van der Waals surface area contributed by atoms with Crippen LogP contribution in [0.3, 0.4) is 0 Å². The fourth-order valence-corrected chi connectivity index (χ4v) is 3.99. The van der Waals surface area contributed by atoms with Gasteiger partial charge in [-0.3, -0.25) is 4.68 Å². The summed E-state index contributed by atoms with van der Waals surface area (Å²) in [5, 5.41) is 13.8. The first-order chi connectivity index (χ1) is 14.8. The van der Waals surface area contributed by atoms with Gasteiger partial charge in [-0.2, -0.15) is 5.10 Å². The van der Waals surface area contributed by atoms with Crippen LogP contribution in [0.15, 0.2) is 30.7 Å². The lowest BCUT2D eigenvalue weighted by atomic mass is 9.98. The largest absolute Gasteiger partial charge is 0.478 e. The number of aromatic nitrogens is 4. The van der Waals surface area contributed by atoms with E-state index in [0.717, 1.165) is 31.5 Å². The van der Waals surface area contributed by atoms with Gasteiger partial charge in [-0.25, -0.2) is 14.8 Å². The Kier molecular flexibility index (Phi) is 5.60. The number of hydrogen-bond acceptors (Lipinski definition) is 7. The zero-order chi connectivity index (χ0) is 22.1. The molecule has 1 aromatic carbocycles. The Morgan fingerprint density at radius 2 is 1.87 bits per heavy atom. The van der Waals surface area contributed by atoms with Crippen molar-refractivity contribution in [3.63, 3.8) is 0 Å². The minimum absolute atomic E-state index is 0.173. The SMILES string of the molecule is Cc1cc(-c2cnc(N)c(Oc3cnn(C4CCN(C)CC4)c3)n2)cc(C)c1C(=O)O. The molecule has 9 heteroatoms. The van der Waals surface area contributed by atoms with E-state index in [-0.39, 0.29) is 11.7 Å². The number of hydrogen-bond donors (Lipinski definition) is 2. The number of carboxylic acids is 1. The number of piperidine rings is 1. The van der Waals surface area contributed by atoms with Gasteiger partial charge in [0.15, 0.2) is 11.6 Å². The molecule has 31 heavy (non-hydrogen) atoms. The molecule has 0 unspecified atom stereocenters. The molecular weight excluding hydrogens is 396 g/mol. The van der Waals surface area contributed by atoms with Crippen LogP contribution in [0.25, 0.3) is 11.3 Å². The predicted octanol–water partition coefficient (Wildman–Crippen LogP) is 3.30. The molecule has 0 aliphatic carbocycles. The molecule has 1 fully saturated rings. The number of aromatic carboxylic acids is 1. The maximum atomic E-state index is 11.4. The van der Waals surface area contributed by atoms with Crippen molar-refractivity contribution in [2.24, 2.45) is 0 Å². The molecule has 0 radical (unpaired) electrons. The molecule has 1 aliphatic heterocycles. The van der Waals surface area contributed by atoms with Gasteiger partial charge in [0.25, 0.3) is 5.88 Å². The monoisotopic (exact) mass is 422 g/mol. The Bertz CT molecular complexity index is 1100. The molecule has 162 valence electrons. The third-order valence-electron chi connectivity index (χ3n) is 5.66. The number of aryl methyl sites for hydroxylation is 2. The van der Waals surface area contributed by atoms with Gasteiger partial charge < -0.3 is 20.5 Å². The van der Waals surface area contributed by atoms with Gasteiger partial charge in [0.1, 0.15) is 0 Å². The first-order valence-electron chi connectivity index (χ1n) is 10.2. The van der Waals surface area contributed by atoms with Crippen LogP contribution in [0, 0.1) is 13.8 Å². The molecule has 0 spiro atoms. The summed E-state index contributed by atoms with van der Waals surface area (Å²) in [4.78, 5) is 22.5. The highest BCUT2D eigenvalue weighted by Crippen LogP contribution is 2.30. The molecule has 1 aliphatic rings. The van der Waals surface area contributed by atoms with Crippen molar-refractivity contribution in [3.05, 3.63) is 47.4 Å². The average molecular weight is 422 g/mol. The fraction of sp³-hybridized carbons (Fsp3) is 0.364. The lowest BCUT2D eigenvalue weighted by molar-refractivity contribution is 0.0695. The number of likely N-dealkylation sites (tertiary alicyclic amines) is 1. The average Bonchev–Trinajstić information content (AvgIpc) is 3.18. The number of carbonyl (C=O) groups is 1. The van der Waals surface area contributed by atoms with Crippen LogP contribution in [-0.2, 0) is 0 Å². The van der Waals surface area contributed by atoms with Crippen LogP contribution >= 0.6 is 0 Å². The number of rotatable bonds is 5. The summed E-state index contributed by atoms with van der Waals surface area (Å²) in [7, 11) is 2.13. The second-order valence-corrected chi connectivity index (χ2v) is 8.03. The molecule has 9 nitrogen and oxygen atoms in total. The van der Waals surface area contributed by atoms with Crippen molar-refractivity contribution in [1.29, 1.82) is 0 Å². The molecule has 1 saturated heterocycles. The lowest BCUT2D eigenvalue weighted by Gasteiger charge is -2.28. The summed E-state index contributed by atoms with van der Waals surface area (Å²) in [6, 6.07) is 3.90. The molecular formula is C22H26N6O3. The topological polar surface area (TPSA) is 119 Å². The van der Waals surface area contributed by atoms with Crippen molar-refractivity contribution in [3.8, 4) is 22.9 Å². The minimum Gasteiger partial charge on any atom is -0.478 e. The van der Waals surface area contributed by atoms with Crippen molar-refractivity contribution < 1.29 is 14.6 Å². The molecule has 0 saturated carbocycles. The second-order valence-electron chi connectivity index (χ2n) is 8.03. The van der Waals surface area contributed by atoms with Crippen LogP contribution in [0.4, 0.5) is 5.82 Å². The Morgan fingerprint density at radius 1 is 1.19 bits per heavy atom. The van der Waals surface area contributed by atoms with Crippen LogP contribution in [-0.4, -0.2) is 55.9 Å². The van der Waals surface area contributed by atoms with Crippen LogP contribution in [0.2, 0.25) is 0 Å². The second kappa shape index (κ2) is 8.35. The smallest absolute Gasteiger partial charge is 0.336 e. The third kappa shape index (κ3) is 4.36. The van der Waals surface area contributed by atoms with Crippen molar-refractivity contribution >= 4 is 11.8 Å². The molecule has 3 N–H and O–H groups in total. The van der Waals surface area contributed by atoms with Crippen molar-refractivity contribution in [1.82, 2.24) is 24.6 Å². The van der Waals surface area contributed by atoms with Crippen molar-refractivity contribution in [2.75, 3.05) is 25.9 Å². The Morgan fingerprint density at radius 3 is 2.52 bits per heavy atom. The van der Waals surface area contributed by atoms with Gasteiger partial charge in [-0.15, -0.1) is 0 Å². The third-order valence-corrected chi connectivity index (χ3v) is 5.66. The van der Waals surface area contributed by atoms with E-state index in [2.05, 4.69) is 27.0 Å². The Labute approximate surface area is 180 Å². The highest BCUT2D eigenvalue weighted by molar-refractivity contribution is 5.92. The molecule has 3 heterocycles. The van der Waals surface area contributed by atoms with E-state index in [1.165, 1.54) is 0 Å². The van der Waals surface area contributed by atoms with Gasteiger partial charge in [0, 0.05) is 5.56 Å². The van der Waals surface area contributed by atoms with Crippen LogP contribution in [0.1, 0.15) is 40.4 Å². The first kappa shape index (κ1) is 20.8. The summed E-state index contributed by atoms with van der Waals surface area (Å²) in [5.41, 5.74) is 8.90. The highest BCUT2D eigenvalue weighted by atomic mass is 16.5. The quantitative estimate of drug-likeness (QED) is 0.643. The minimum atomic E-state index is -0.949. The maximum Gasteiger partial charge on any atom is 0.336 e. The molecule has 3 aromatic rings. The number of nitrogen functional groups attached to an aromatic ring is 1. The van der Waals surface area contributed by atoms with Crippen LogP contribution in [0.5, 0.6) is 11.6 Å². The summed E-state index contributed by atoms with van der Waals surface area (Å²) in [6.07, 6.45) is 7.15. The predicted molar refractivity (Wildman–Crippen MR) is 116 cm³/mol. The summed E-state index contributed by atoms with van der Waals surface area (Å²) >= 11 is 0. The van der Waals surface area contributed by atoms with E-state index in [1.54, 1.807) is 38.4 Å². The number of nitrogens with zero attached hydrogens (tertiary/aromatic N) is 5. The fourth-order valence-electron chi connectivity index (χ4n) is 3.99. The number of anilines is 1. The lowest BCUT2D eigenvalue weighted by Crippen LogP contribution is -2.31. The van der Waals surface area contributed by atoms with E-state index in [0.29, 0.717) is 34.2 Å². The molecule has 2 aromatic heterocycles. The summed E-state index contributed by atoms with van der Waals surface area (Å²) < 4.78 is 7.84. The van der Waals surface area contributed by atoms with E-state index in [9.17, 15) is 9.90 Å². The zero-order valence-corrected chi connectivity index (χ0v) is 17.9. The van der Waals surface area contributed by atoms with E-state index < -0.39 is 5.97 Å². The normalized spacial score (nSPS) is 15.2. The first-order valence-corrected chi connectivity index (χ1v) is 10.2. The standard InChI is InChI=1S/C22H26N6O3/c1-13-8-15(9-14(2)19(13)22(29)30)18-11-24-20(23)21(26-18)31-17-10-25-28(12-17)16-4-6-27(3)7-5-16/h8-12,16H,4-7H2,1-3H3,(H2,23,24)(H,29,30). The molecule has 0 bridgehead atoms. The van der Waals surface area contributed by atoms with E-state index in [4.69, 9.17) is 10.5 Å². The van der Waals surface area contributed by atoms with E-state index >= 15 is 0 Å².